The highest BCUT2D eigenvalue weighted by Gasteiger charge is 2.20. The largest absolute Gasteiger partial charge is 0.436 e. The van der Waals surface area contributed by atoms with Gasteiger partial charge >= 0.3 is 0 Å². The van der Waals surface area contributed by atoms with Gasteiger partial charge in [0.25, 0.3) is 5.91 Å². The second-order valence-electron chi connectivity index (χ2n) is 6.79. The quantitative estimate of drug-likeness (QED) is 0.650. The first-order valence-electron chi connectivity index (χ1n) is 7.97. The van der Waals surface area contributed by atoms with Gasteiger partial charge in [-0.15, -0.1) is 0 Å². The van der Waals surface area contributed by atoms with Gasteiger partial charge in [-0.25, -0.2) is 4.98 Å². The SMILES string of the molecule is CC(C)(C)NC(=O)c1ccccc1-c1ncc(-c2ccc(Br)cc2)o1. The van der Waals surface area contributed by atoms with Crippen molar-refractivity contribution in [3.05, 3.63) is 64.8 Å². The van der Waals surface area contributed by atoms with Gasteiger partial charge < -0.3 is 9.73 Å². The molecule has 0 atom stereocenters. The zero-order valence-corrected chi connectivity index (χ0v) is 15.9. The van der Waals surface area contributed by atoms with Crippen molar-refractivity contribution in [2.75, 3.05) is 0 Å². The van der Waals surface area contributed by atoms with Crippen LogP contribution in [-0.2, 0) is 0 Å². The number of carbonyl (C=O) groups is 1. The van der Waals surface area contributed by atoms with E-state index in [4.69, 9.17) is 4.42 Å². The van der Waals surface area contributed by atoms with Gasteiger partial charge in [-0.1, -0.05) is 40.2 Å². The minimum absolute atomic E-state index is 0.147. The summed E-state index contributed by atoms with van der Waals surface area (Å²) in [5.74, 6) is 0.942. The van der Waals surface area contributed by atoms with Crippen LogP contribution in [0.25, 0.3) is 22.8 Å². The molecule has 1 amide bonds. The molecule has 0 bridgehead atoms. The highest BCUT2D eigenvalue weighted by molar-refractivity contribution is 9.10. The Morgan fingerprint density at radius 1 is 1.08 bits per heavy atom. The summed E-state index contributed by atoms with van der Waals surface area (Å²) in [4.78, 5) is 16.9. The molecule has 5 heteroatoms. The first-order valence-corrected chi connectivity index (χ1v) is 8.76. The summed E-state index contributed by atoms with van der Waals surface area (Å²) >= 11 is 3.42. The number of aromatic nitrogens is 1. The third kappa shape index (κ3) is 4.17. The first kappa shape index (κ1) is 17.4. The number of benzene rings is 2. The van der Waals surface area contributed by atoms with Crippen molar-refractivity contribution >= 4 is 21.8 Å². The maximum atomic E-state index is 12.6. The van der Waals surface area contributed by atoms with Crippen LogP contribution in [0.2, 0.25) is 0 Å². The van der Waals surface area contributed by atoms with Crippen molar-refractivity contribution in [3.63, 3.8) is 0 Å². The highest BCUT2D eigenvalue weighted by Crippen LogP contribution is 2.29. The highest BCUT2D eigenvalue weighted by atomic mass is 79.9. The molecule has 3 aromatic rings. The van der Waals surface area contributed by atoms with E-state index in [1.807, 2.05) is 63.2 Å². The zero-order valence-electron chi connectivity index (χ0n) is 14.3. The maximum absolute atomic E-state index is 12.6. The lowest BCUT2D eigenvalue weighted by Crippen LogP contribution is -2.40. The molecule has 0 aliphatic heterocycles. The topological polar surface area (TPSA) is 55.1 Å². The van der Waals surface area contributed by atoms with Gasteiger partial charge in [0, 0.05) is 21.1 Å². The molecule has 0 spiro atoms. The van der Waals surface area contributed by atoms with E-state index in [1.165, 1.54) is 0 Å². The molecule has 3 rings (SSSR count). The minimum Gasteiger partial charge on any atom is -0.436 e. The Kier molecular flexibility index (Phi) is 4.77. The third-order valence-electron chi connectivity index (χ3n) is 3.53. The monoisotopic (exact) mass is 398 g/mol. The molecule has 0 radical (unpaired) electrons. The van der Waals surface area contributed by atoms with Crippen LogP contribution in [0.4, 0.5) is 0 Å². The fraction of sp³-hybridized carbons (Fsp3) is 0.200. The summed E-state index contributed by atoms with van der Waals surface area (Å²) < 4.78 is 6.91. The summed E-state index contributed by atoms with van der Waals surface area (Å²) in [7, 11) is 0. The molecule has 1 heterocycles. The van der Waals surface area contributed by atoms with Crippen LogP contribution in [0.3, 0.4) is 0 Å². The minimum atomic E-state index is -0.316. The van der Waals surface area contributed by atoms with E-state index >= 15 is 0 Å². The number of amides is 1. The Hall–Kier alpha value is -2.40. The molecule has 0 aliphatic rings. The summed E-state index contributed by atoms with van der Waals surface area (Å²) in [5.41, 5.74) is 1.83. The van der Waals surface area contributed by atoms with Crippen molar-refractivity contribution in [3.8, 4) is 22.8 Å². The number of hydrogen-bond acceptors (Lipinski definition) is 3. The molecule has 0 saturated heterocycles. The van der Waals surface area contributed by atoms with E-state index in [9.17, 15) is 4.79 Å². The molecule has 1 N–H and O–H groups in total. The molecule has 1 aromatic heterocycles. The normalized spacial score (nSPS) is 11.4. The van der Waals surface area contributed by atoms with E-state index in [1.54, 1.807) is 12.3 Å². The Labute approximate surface area is 155 Å². The second-order valence-corrected chi connectivity index (χ2v) is 7.70. The predicted molar refractivity (Wildman–Crippen MR) is 102 cm³/mol. The van der Waals surface area contributed by atoms with E-state index in [2.05, 4.69) is 26.2 Å². The average Bonchev–Trinajstić information content (AvgIpc) is 3.04. The molecule has 2 aromatic carbocycles. The third-order valence-corrected chi connectivity index (χ3v) is 4.05. The van der Waals surface area contributed by atoms with Crippen LogP contribution in [0.15, 0.2) is 63.6 Å². The molecule has 4 nitrogen and oxygen atoms in total. The van der Waals surface area contributed by atoms with E-state index in [0.29, 0.717) is 22.8 Å². The van der Waals surface area contributed by atoms with Crippen LogP contribution < -0.4 is 5.32 Å². The van der Waals surface area contributed by atoms with E-state index in [0.717, 1.165) is 10.0 Å². The molecular weight excluding hydrogens is 380 g/mol. The zero-order chi connectivity index (χ0) is 18.0. The van der Waals surface area contributed by atoms with Gasteiger partial charge in [-0.3, -0.25) is 4.79 Å². The molecule has 0 unspecified atom stereocenters. The van der Waals surface area contributed by atoms with Gasteiger partial charge in [0.05, 0.1) is 11.8 Å². The Morgan fingerprint density at radius 2 is 1.76 bits per heavy atom. The lowest BCUT2D eigenvalue weighted by molar-refractivity contribution is 0.0920. The van der Waals surface area contributed by atoms with Crippen molar-refractivity contribution in [1.29, 1.82) is 0 Å². The number of rotatable bonds is 3. The number of nitrogens with zero attached hydrogens (tertiary/aromatic N) is 1. The molecule has 0 fully saturated rings. The van der Waals surface area contributed by atoms with Crippen molar-refractivity contribution < 1.29 is 9.21 Å². The van der Waals surface area contributed by atoms with Crippen LogP contribution in [0, 0.1) is 0 Å². The van der Waals surface area contributed by atoms with E-state index < -0.39 is 0 Å². The molecule has 25 heavy (non-hydrogen) atoms. The van der Waals surface area contributed by atoms with Gasteiger partial charge in [0.1, 0.15) is 0 Å². The smallest absolute Gasteiger partial charge is 0.252 e. The summed E-state index contributed by atoms with van der Waals surface area (Å²) in [6.07, 6.45) is 1.68. The average molecular weight is 399 g/mol. The Balaban J connectivity index is 1.95. The van der Waals surface area contributed by atoms with Gasteiger partial charge in [-0.05, 0) is 45.0 Å². The second kappa shape index (κ2) is 6.84. The lowest BCUT2D eigenvalue weighted by atomic mass is 10.0. The van der Waals surface area contributed by atoms with Gasteiger partial charge in [0.2, 0.25) is 5.89 Å². The Bertz CT molecular complexity index is 893. The van der Waals surface area contributed by atoms with Crippen LogP contribution >= 0.6 is 15.9 Å². The molecule has 128 valence electrons. The van der Waals surface area contributed by atoms with Crippen molar-refractivity contribution in [2.24, 2.45) is 0 Å². The number of hydrogen-bond donors (Lipinski definition) is 1. The maximum Gasteiger partial charge on any atom is 0.252 e. The fourth-order valence-electron chi connectivity index (χ4n) is 2.42. The Morgan fingerprint density at radius 3 is 2.44 bits per heavy atom. The standard InChI is InChI=1S/C20H19BrN2O2/c1-20(2,3)23-18(24)15-6-4-5-7-16(15)19-22-12-17(25-19)13-8-10-14(21)11-9-13/h4-12H,1-3H3,(H,23,24). The first-order chi connectivity index (χ1) is 11.8. The molecule has 0 aliphatic carbocycles. The summed E-state index contributed by atoms with van der Waals surface area (Å²) in [5, 5.41) is 2.98. The number of nitrogens with one attached hydrogen (secondary N) is 1. The number of halogens is 1. The van der Waals surface area contributed by atoms with Gasteiger partial charge in [-0.2, -0.15) is 0 Å². The van der Waals surface area contributed by atoms with Gasteiger partial charge in [0.15, 0.2) is 5.76 Å². The lowest BCUT2D eigenvalue weighted by Gasteiger charge is -2.21. The van der Waals surface area contributed by atoms with Crippen LogP contribution in [-0.4, -0.2) is 16.4 Å². The van der Waals surface area contributed by atoms with Crippen molar-refractivity contribution in [1.82, 2.24) is 10.3 Å². The summed E-state index contributed by atoms with van der Waals surface area (Å²) in [6, 6.07) is 15.1. The molecular formula is C20H19BrN2O2. The van der Waals surface area contributed by atoms with E-state index in [-0.39, 0.29) is 11.4 Å². The molecule has 0 saturated carbocycles. The fourth-order valence-corrected chi connectivity index (χ4v) is 2.69. The van der Waals surface area contributed by atoms with Crippen molar-refractivity contribution in [2.45, 2.75) is 26.3 Å². The predicted octanol–water partition coefficient (Wildman–Crippen LogP) is 5.30. The number of oxazole rings is 1. The van der Waals surface area contributed by atoms with Crippen LogP contribution in [0.5, 0.6) is 0 Å². The number of carbonyl (C=O) groups excluding carboxylic acids is 1. The summed E-state index contributed by atoms with van der Waals surface area (Å²) in [6.45, 7) is 5.85. The van der Waals surface area contributed by atoms with Crippen LogP contribution in [0.1, 0.15) is 31.1 Å².